The summed E-state index contributed by atoms with van der Waals surface area (Å²) in [5.41, 5.74) is 0.705. The van der Waals surface area contributed by atoms with Crippen LogP contribution in [0.5, 0.6) is 0 Å². The van der Waals surface area contributed by atoms with Gasteiger partial charge in [0.05, 0.1) is 0 Å². The van der Waals surface area contributed by atoms with E-state index in [2.05, 4.69) is 15.9 Å². The van der Waals surface area contributed by atoms with Crippen molar-refractivity contribution in [3.05, 3.63) is 34.6 Å². The SMILES string of the molecule is CC(CBr)c1ccc(Cl)cc1F. The zero-order valence-corrected chi connectivity index (χ0v) is 8.99. The van der Waals surface area contributed by atoms with E-state index in [4.69, 9.17) is 11.6 Å². The van der Waals surface area contributed by atoms with Gasteiger partial charge in [-0.15, -0.1) is 0 Å². The molecule has 0 bridgehead atoms. The minimum absolute atomic E-state index is 0.183. The average molecular weight is 252 g/mol. The van der Waals surface area contributed by atoms with Crippen molar-refractivity contribution in [3.8, 4) is 0 Å². The number of benzene rings is 1. The molecule has 12 heavy (non-hydrogen) atoms. The Balaban J connectivity index is 3.01. The maximum atomic E-state index is 13.2. The standard InChI is InChI=1S/C9H9BrClF/c1-6(5-10)8-3-2-7(11)4-9(8)12/h2-4,6H,5H2,1H3. The molecule has 0 aliphatic rings. The molecule has 0 saturated carbocycles. The summed E-state index contributed by atoms with van der Waals surface area (Å²) in [6, 6.07) is 4.78. The molecule has 0 fully saturated rings. The van der Waals surface area contributed by atoms with Gasteiger partial charge >= 0.3 is 0 Å². The highest BCUT2D eigenvalue weighted by molar-refractivity contribution is 9.09. The second-order valence-corrected chi connectivity index (χ2v) is 3.81. The molecule has 0 aromatic heterocycles. The van der Waals surface area contributed by atoms with Crippen LogP contribution in [-0.4, -0.2) is 5.33 Å². The third-order valence-electron chi connectivity index (χ3n) is 1.72. The minimum atomic E-state index is -0.227. The van der Waals surface area contributed by atoms with Crippen LogP contribution in [0.1, 0.15) is 18.4 Å². The van der Waals surface area contributed by atoms with E-state index in [0.29, 0.717) is 10.6 Å². The van der Waals surface area contributed by atoms with E-state index in [1.165, 1.54) is 6.07 Å². The maximum Gasteiger partial charge on any atom is 0.128 e. The topological polar surface area (TPSA) is 0 Å². The Morgan fingerprint density at radius 1 is 1.58 bits per heavy atom. The average Bonchev–Trinajstić information content (AvgIpc) is 2.03. The van der Waals surface area contributed by atoms with Gasteiger partial charge in [0.1, 0.15) is 5.82 Å². The van der Waals surface area contributed by atoms with Crippen LogP contribution in [0.25, 0.3) is 0 Å². The second kappa shape index (κ2) is 4.24. The molecular weight excluding hydrogens is 242 g/mol. The Morgan fingerprint density at radius 3 is 2.75 bits per heavy atom. The fraction of sp³-hybridized carbons (Fsp3) is 0.333. The zero-order valence-electron chi connectivity index (χ0n) is 6.65. The maximum absolute atomic E-state index is 13.2. The van der Waals surface area contributed by atoms with Crippen LogP contribution in [-0.2, 0) is 0 Å². The van der Waals surface area contributed by atoms with E-state index >= 15 is 0 Å². The molecule has 0 heterocycles. The zero-order chi connectivity index (χ0) is 9.14. The van der Waals surface area contributed by atoms with Crippen molar-refractivity contribution in [1.82, 2.24) is 0 Å². The molecule has 1 aromatic rings. The first kappa shape index (κ1) is 10.0. The molecule has 0 amide bonds. The highest BCUT2D eigenvalue weighted by Crippen LogP contribution is 2.23. The van der Waals surface area contributed by atoms with Crippen molar-refractivity contribution < 1.29 is 4.39 Å². The molecule has 1 atom stereocenters. The lowest BCUT2D eigenvalue weighted by Gasteiger charge is -2.08. The van der Waals surface area contributed by atoms with Crippen molar-refractivity contribution in [2.45, 2.75) is 12.8 Å². The highest BCUT2D eigenvalue weighted by Gasteiger charge is 2.09. The molecule has 66 valence electrons. The van der Waals surface area contributed by atoms with Crippen LogP contribution in [0.2, 0.25) is 5.02 Å². The summed E-state index contributed by atoms with van der Waals surface area (Å²) in [6.45, 7) is 1.96. The van der Waals surface area contributed by atoms with Crippen molar-refractivity contribution in [2.24, 2.45) is 0 Å². The first-order valence-corrected chi connectivity index (χ1v) is 5.16. The number of hydrogen-bond acceptors (Lipinski definition) is 0. The molecule has 1 aromatic carbocycles. The Labute approximate surface area is 84.9 Å². The Hall–Kier alpha value is -0.0800. The van der Waals surface area contributed by atoms with E-state index < -0.39 is 0 Å². The Morgan fingerprint density at radius 2 is 2.25 bits per heavy atom. The van der Waals surface area contributed by atoms with Gasteiger partial charge in [-0.3, -0.25) is 0 Å². The van der Waals surface area contributed by atoms with Crippen molar-refractivity contribution in [2.75, 3.05) is 5.33 Å². The van der Waals surface area contributed by atoms with Gasteiger partial charge in [-0.2, -0.15) is 0 Å². The third kappa shape index (κ3) is 2.20. The fourth-order valence-electron chi connectivity index (χ4n) is 0.984. The van der Waals surface area contributed by atoms with E-state index in [-0.39, 0.29) is 11.7 Å². The molecule has 0 nitrogen and oxygen atoms in total. The molecule has 0 N–H and O–H groups in total. The molecule has 0 aliphatic heterocycles. The van der Waals surface area contributed by atoms with Crippen LogP contribution in [0.3, 0.4) is 0 Å². The third-order valence-corrected chi connectivity index (χ3v) is 2.93. The molecular formula is C9H9BrClF. The van der Waals surface area contributed by atoms with Crippen LogP contribution >= 0.6 is 27.5 Å². The van der Waals surface area contributed by atoms with Gasteiger partial charge in [0.2, 0.25) is 0 Å². The van der Waals surface area contributed by atoms with E-state index in [9.17, 15) is 4.39 Å². The molecule has 1 unspecified atom stereocenters. The van der Waals surface area contributed by atoms with E-state index in [1.807, 2.05) is 6.92 Å². The Bertz CT molecular complexity index is 275. The largest absolute Gasteiger partial charge is 0.207 e. The predicted octanol–water partition coefficient (Wildman–Crippen LogP) is 3.98. The van der Waals surface area contributed by atoms with Crippen LogP contribution in [0.4, 0.5) is 4.39 Å². The highest BCUT2D eigenvalue weighted by atomic mass is 79.9. The monoisotopic (exact) mass is 250 g/mol. The van der Waals surface area contributed by atoms with Crippen molar-refractivity contribution in [1.29, 1.82) is 0 Å². The van der Waals surface area contributed by atoms with Crippen molar-refractivity contribution in [3.63, 3.8) is 0 Å². The molecule has 0 aliphatic carbocycles. The van der Waals surface area contributed by atoms with Gasteiger partial charge in [0.25, 0.3) is 0 Å². The fourth-order valence-corrected chi connectivity index (χ4v) is 1.49. The molecule has 1 rings (SSSR count). The Kier molecular flexibility index (Phi) is 3.53. The normalized spacial score (nSPS) is 13.0. The van der Waals surface area contributed by atoms with Gasteiger partial charge in [-0.1, -0.05) is 40.5 Å². The number of alkyl halides is 1. The van der Waals surface area contributed by atoms with Gasteiger partial charge in [0, 0.05) is 10.4 Å². The number of hydrogen-bond donors (Lipinski definition) is 0. The van der Waals surface area contributed by atoms with Crippen LogP contribution in [0, 0.1) is 5.82 Å². The summed E-state index contributed by atoms with van der Waals surface area (Å²) >= 11 is 8.92. The predicted molar refractivity (Wildman–Crippen MR) is 53.6 cm³/mol. The summed E-state index contributed by atoms with van der Waals surface area (Å²) in [7, 11) is 0. The summed E-state index contributed by atoms with van der Waals surface area (Å²) in [6.07, 6.45) is 0. The van der Waals surface area contributed by atoms with Crippen LogP contribution in [0.15, 0.2) is 18.2 Å². The van der Waals surface area contributed by atoms with Gasteiger partial charge in [-0.05, 0) is 23.6 Å². The first-order valence-electron chi connectivity index (χ1n) is 3.66. The lowest BCUT2D eigenvalue weighted by Crippen LogP contribution is -1.97. The quantitative estimate of drug-likeness (QED) is 0.698. The summed E-state index contributed by atoms with van der Waals surface area (Å²) in [4.78, 5) is 0. The van der Waals surface area contributed by atoms with Crippen LogP contribution < -0.4 is 0 Å². The summed E-state index contributed by atoms with van der Waals surface area (Å²) in [5, 5.41) is 1.20. The number of halogens is 3. The number of rotatable bonds is 2. The first-order chi connectivity index (χ1) is 5.65. The van der Waals surface area contributed by atoms with Crippen molar-refractivity contribution >= 4 is 27.5 Å². The minimum Gasteiger partial charge on any atom is -0.207 e. The lowest BCUT2D eigenvalue weighted by molar-refractivity contribution is 0.600. The molecule has 0 radical (unpaired) electrons. The van der Waals surface area contributed by atoms with E-state index in [1.54, 1.807) is 12.1 Å². The lowest BCUT2D eigenvalue weighted by atomic mass is 10.0. The molecule has 0 spiro atoms. The molecule has 3 heteroatoms. The smallest absolute Gasteiger partial charge is 0.128 e. The second-order valence-electron chi connectivity index (χ2n) is 2.72. The molecule has 0 saturated heterocycles. The van der Waals surface area contributed by atoms with E-state index in [0.717, 1.165) is 5.33 Å². The summed E-state index contributed by atoms with van der Waals surface area (Å²) < 4.78 is 13.2. The van der Waals surface area contributed by atoms with Gasteiger partial charge in [-0.25, -0.2) is 4.39 Å². The van der Waals surface area contributed by atoms with Gasteiger partial charge in [0.15, 0.2) is 0 Å². The van der Waals surface area contributed by atoms with Gasteiger partial charge < -0.3 is 0 Å². The summed E-state index contributed by atoms with van der Waals surface area (Å²) in [5.74, 6) is -0.0447.